The van der Waals surface area contributed by atoms with Crippen LogP contribution in [0, 0.1) is 11.3 Å². The summed E-state index contributed by atoms with van der Waals surface area (Å²) in [6.07, 6.45) is 54.4. The second-order valence-electron chi connectivity index (χ2n) is 20.4. The zero-order valence-corrected chi connectivity index (χ0v) is 50.8. The van der Waals surface area contributed by atoms with Crippen molar-refractivity contribution in [2.24, 2.45) is 11.3 Å². The molecule has 0 aliphatic carbocycles. The highest BCUT2D eigenvalue weighted by Crippen LogP contribution is 2.60. The maximum Gasteiger partial charge on any atom is 0.328 e. The van der Waals surface area contributed by atoms with Gasteiger partial charge in [-0.15, -0.1) is 25.3 Å². The van der Waals surface area contributed by atoms with Crippen LogP contribution in [-0.2, 0) is 9.05 Å². The van der Waals surface area contributed by atoms with Crippen molar-refractivity contribution in [3.8, 4) is 0 Å². The summed E-state index contributed by atoms with van der Waals surface area (Å²) in [4.78, 5) is 40.4. The van der Waals surface area contributed by atoms with Gasteiger partial charge in [-0.3, -0.25) is 9.05 Å². The Bertz CT molecular complexity index is 988. The summed E-state index contributed by atoms with van der Waals surface area (Å²) in [6, 6.07) is 0. The molecule has 0 aromatic heterocycles. The van der Waals surface area contributed by atoms with Gasteiger partial charge in [-0.2, -0.15) is 50.5 Å². The Kier molecular flexibility index (Phi) is 55.3. The van der Waals surface area contributed by atoms with Crippen LogP contribution < -0.4 is 0 Å². The van der Waals surface area contributed by atoms with Crippen molar-refractivity contribution >= 4 is 93.0 Å². The fourth-order valence-electron chi connectivity index (χ4n) is 10.7. The third-order valence-electron chi connectivity index (χ3n) is 14.7. The summed E-state index contributed by atoms with van der Waals surface area (Å²) < 4.78 is 12.0. The van der Waals surface area contributed by atoms with Gasteiger partial charge in [-0.1, -0.05) is 225 Å². The molecule has 0 radical (unpaired) electrons. The van der Waals surface area contributed by atoms with E-state index in [9.17, 15) is 19.6 Å². The summed E-state index contributed by atoms with van der Waals surface area (Å²) >= 11 is 27.9. The summed E-state index contributed by atoms with van der Waals surface area (Å²) in [5, 5.41) is 0. The van der Waals surface area contributed by atoms with Gasteiger partial charge in [-0.05, 0) is 99.6 Å². The number of hydrogen-bond donors (Lipinski definition) is 10. The Hall–Kier alpha value is 2.72. The molecule has 6 nitrogen and oxygen atoms in total. The topological polar surface area (TPSA) is 99.4 Å². The SMILES string of the molecule is OP(O)OC(S)CCC(CCCCCCCCCCCCS)C(CCCCCCCCCCCCS)(CCCCCCCCCCCCS)C(S)(CCCCCCCCCCCCS)OP(O)O. The molecule has 0 amide bonds. The average Bonchev–Trinajstić information content (AvgIpc) is 3.30. The molecule has 3 atom stereocenters. The second-order valence-corrected chi connectivity index (χ2v) is 24.9. The van der Waals surface area contributed by atoms with E-state index < -0.39 is 33.0 Å². The first-order chi connectivity index (χ1) is 33.1. The molecule has 410 valence electrons. The van der Waals surface area contributed by atoms with Gasteiger partial charge in [0, 0.05) is 5.41 Å². The van der Waals surface area contributed by atoms with E-state index in [-0.39, 0.29) is 5.92 Å². The first-order valence-electron chi connectivity index (χ1n) is 28.7. The lowest BCUT2D eigenvalue weighted by atomic mass is 9.60. The zero-order valence-electron chi connectivity index (χ0n) is 43.7. The van der Waals surface area contributed by atoms with E-state index in [1.807, 2.05) is 0 Å². The van der Waals surface area contributed by atoms with Crippen LogP contribution in [-0.4, -0.2) is 53.0 Å². The summed E-state index contributed by atoms with van der Waals surface area (Å²) in [5.74, 6) is 4.13. The lowest BCUT2D eigenvalue weighted by Gasteiger charge is -2.53. The van der Waals surface area contributed by atoms with Crippen molar-refractivity contribution in [3.05, 3.63) is 0 Å². The van der Waals surface area contributed by atoms with Gasteiger partial charge in [0.05, 0.1) is 0 Å². The Morgan fingerprint density at radius 1 is 0.324 bits per heavy atom. The van der Waals surface area contributed by atoms with Gasteiger partial charge in [0.15, 0.2) is 0 Å². The lowest BCUT2D eigenvalue weighted by molar-refractivity contribution is -0.0643. The minimum Gasteiger partial charge on any atom is -0.328 e. The van der Waals surface area contributed by atoms with Crippen molar-refractivity contribution < 1.29 is 28.6 Å². The molecule has 0 saturated heterocycles. The van der Waals surface area contributed by atoms with E-state index in [2.05, 4.69) is 50.5 Å². The zero-order chi connectivity index (χ0) is 50.1. The molecule has 0 bridgehead atoms. The molecular weight excluding hydrogens is 999 g/mol. The van der Waals surface area contributed by atoms with Crippen molar-refractivity contribution in [2.75, 3.05) is 23.0 Å². The molecule has 0 rings (SSSR count). The lowest BCUT2D eigenvalue weighted by Crippen LogP contribution is -2.50. The highest BCUT2D eigenvalue weighted by Gasteiger charge is 2.54. The highest BCUT2D eigenvalue weighted by molar-refractivity contribution is 7.82. The van der Waals surface area contributed by atoms with Gasteiger partial charge in [0.25, 0.3) is 0 Å². The number of rotatable bonds is 57. The van der Waals surface area contributed by atoms with Crippen molar-refractivity contribution in [2.45, 2.75) is 306 Å². The van der Waals surface area contributed by atoms with E-state index in [0.29, 0.717) is 12.8 Å². The molecular formula is C54H112O6P2S6. The van der Waals surface area contributed by atoms with Crippen LogP contribution in [0.1, 0.15) is 295 Å². The fraction of sp³-hybridized carbons (Fsp3) is 1.00. The molecule has 0 aliphatic rings. The van der Waals surface area contributed by atoms with E-state index in [4.69, 9.17) is 34.3 Å². The molecule has 0 spiro atoms. The van der Waals surface area contributed by atoms with Crippen molar-refractivity contribution in [1.82, 2.24) is 0 Å². The van der Waals surface area contributed by atoms with Crippen molar-refractivity contribution in [3.63, 3.8) is 0 Å². The number of thiol groups is 6. The number of hydrogen-bond acceptors (Lipinski definition) is 12. The quantitative estimate of drug-likeness (QED) is 0.0129. The Labute approximate surface area is 458 Å². The molecule has 0 aromatic rings. The van der Waals surface area contributed by atoms with E-state index in [1.54, 1.807) is 0 Å². The van der Waals surface area contributed by atoms with Crippen LogP contribution >= 0.6 is 93.0 Å². The Balaban J connectivity index is 6.50. The van der Waals surface area contributed by atoms with Crippen LogP contribution in [0.2, 0.25) is 0 Å². The molecule has 0 fully saturated rings. The van der Waals surface area contributed by atoms with Crippen LogP contribution in [0.4, 0.5) is 0 Å². The standard InChI is InChI=1S/C54H112O6P2S6/c55-61(56)59-52(67)43-42-51(41-33-25-17-9-1-5-13-21-29-37-47-63)53(44-34-26-18-10-2-6-14-22-30-38-48-64,45-35-27-19-11-3-7-15-23-31-39-49-65)54(68,60-62(57)58)46-36-28-20-12-4-8-16-24-32-40-50-66/h51-52,55-58,63-68H,1-50H2. The van der Waals surface area contributed by atoms with E-state index in [1.165, 1.54) is 212 Å². The largest absolute Gasteiger partial charge is 0.328 e. The molecule has 68 heavy (non-hydrogen) atoms. The first-order valence-corrected chi connectivity index (χ1v) is 34.5. The molecule has 0 heterocycles. The molecule has 0 aromatic carbocycles. The molecule has 0 aliphatic heterocycles. The Morgan fingerprint density at radius 3 is 0.868 bits per heavy atom. The van der Waals surface area contributed by atoms with Gasteiger partial charge in [0.1, 0.15) is 10.4 Å². The third-order valence-corrected chi connectivity index (χ3v) is 18.3. The summed E-state index contributed by atoms with van der Waals surface area (Å²) in [7, 11) is -5.16. The van der Waals surface area contributed by atoms with Crippen LogP contribution in [0.5, 0.6) is 0 Å². The maximum absolute atomic E-state index is 10.9. The van der Waals surface area contributed by atoms with E-state index in [0.717, 1.165) is 93.6 Å². The average molecular weight is 1110 g/mol. The predicted molar refractivity (Wildman–Crippen MR) is 323 cm³/mol. The van der Waals surface area contributed by atoms with Crippen LogP contribution in [0.25, 0.3) is 0 Å². The van der Waals surface area contributed by atoms with Gasteiger partial charge >= 0.3 is 17.2 Å². The summed E-state index contributed by atoms with van der Waals surface area (Å²) in [6.45, 7) is 0. The van der Waals surface area contributed by atoms with Crippen LogP contribution in [0.15, 0.2) is 0 Å². The predicted octanol–water partition coefficient (Wildman–Crippen LogP) is 19.6. The van der Waals surface area contributed by atoms with Gasteiger partial charge < -0.3 is 19.6 Å². The third kappa shape index (κ3) is 41.9. The molecule has 4 N–H and O–H groups in total. The second kappa shape index (κ2) is 53.1. The molecule has 0 saturated carbocycles. The molecule has 3 unspecified atom stereocenters. The van der Waals surface area contributed by atoms with Gasteiger partial charge in [-0.25, -0.2) is 0 Å². The molecule has 14 heteroatoms. The minimum atomic E-state index is -2.65. The number of unbranched alkanes of at least 4 members (excludes halogenated alkanes) is 36. The monoisotopic (exact) mass is 1110 g/mol. The van der Waals surface area contributed by atoms with E-state index >= 15 is 0 Å². The fourth-order valence-corrected chi connectivity index (χ4v) is 13.7. The summed E-state index contributed by atoms with van der Waals surface area (Å²) in [5.41, 5.74) is -0.996. The highest BCUT2D eigenvalue weighted by atomic mass is 32.1. The smallest absolute Gasteiger partial charge is 0.328 e. The van der Waals surface area contributed by atoms with Gasteiger partial charge in [0.2, 0.25) is 0 Å². The maximum atomic E-state index is 10.9. The first kappa shape index (κ1) is 70.7. The minimum absolute atomic E-state index is 0.181. The van der Waals surface area contributed by atoms with Crippen molar-refractivity contribution in [1.29, 1.82) is 0 Å². The normalized spacial score (nSPS) is 14.1. The Morgan fingerprint density at radius 2 is 0.588 bits per heavy atom. The van der Waals surface area contributed by atoms with Crippen LogP contribution in [0.3, 0.4) is 0 Å².